The lowest BCUT2D eigenvalue weighted by Gasteiger charge is -2.36. The van der Waals surface area contributed by atoms with Crippen molar-refractivity contribution in [2.75, 3.05) is 27.9 Å². The van der Waals surface area contributed by atoms with Gasteiger partial charge in [-0.3, -0.25) is 9.69 Å². The summed E-state index contributed by atoms with van der Waals surface area (Å²) >= 11 is 0. The number of nitrogens with zero attached hydrogens (tertiary/aromatic N) is 3. The van der Waals surface area contributed by atoms with Gasteiger partial charge < -0.3 is 18.7 Å². The Hall–Kier alpha value is -3.39. The molecule has 0 fully saturated rings. The first-order valence-electron chi connectivity index (χ1n) is 10.5. The van der Waals surface area contributed by atoms with Crippen LogP contribution in [0.3, 0.4) is 0 Å². The van der Waals surface area contributed by atoms with E-state index in [4.69, 9.17) is 18.7 Å². The number of fused-ring (bicyclic) bond motifs is 1. The zero-order valence-corrected chi connectivity index (χ0v) is 18.5. The molecule has 8 nitrogen and oxygen atoms in total. The molecule has 0 amide bonds. The van der Waals surface area contributed by atoms with E-state index < -0.39 is 0 Å². The number of hydrogen-bond acceptors (Lipinski definition) is 8. The lowest BCUT2D eigenvalue weighted by Crippen LogP contribution is -2.36. The van der Waals surface area contributed by atoms with Crippen molar-refractivity contribution in [3.05, 3.63) is 70.9 Å². The number of methoxy groups -OCH3 is 3. The first-order chi connectivity index (χ1) is 15.6. The van der Waals surface area contributed by atoms with Gasteiger partial charge in [0.05, 0.1) is 34.3 Å². The molecule has 0 unspecified atom stereocenters. The van der Waals surface area contributed by atoms with Crippen LogP contribution in [0.5, 0.6) is 11.5 Å². The monoisotopic (exact) mass is 437 g/mol. The fourth-order valence-electron chi connectivity index (χ4n) is 4.13. The summed E-state index contributed by atoms with van der Waals surface area (Å²) in [6.07, 6.45) is 1.62. The molecule has 1 aromatic heterocycles. The summed E-state index contributed by atoms with van der Waals surface area (Å²) in [5, 5.41) is 4.13. The SMILES string of the molecule is COC(=O)C[C@@H]1c2cc(OC)c(OC)cc2CCN1Cc1nc(Cc2ccccc2)no1. The van der Waals surface area contributed by atoms with Gasteiger partial charge in [-0.1, -0.05) is 35.5 Å². The highest BCUT2D eigenvalue weighted by atomic mass is 16.5. The number of esters is 1. The number of benzene rings is 2. The van der Waals surface area contributed by atoms with Crippen molar-refractivity contribution in [2.24, 2.45) is 0 Å². The Morgan fingerprint density at radius 2 is 1.88 bits per heavy atom. The largest absolute Gasteiger partial charge is 0.493 e. The molecule has 1 aliphatic heterocycles. The summed E-state index contributed by atoms with van der Waals surface area (Å²) in [7, 11) is 4.62. The van der Waals surface area contributed by atoms with Gasteiger partial charge in [0.2, 0.25) is 5.89 Å². The van der Waals surface area contributed by atoms with Gasteiger partial charge in [-0.25, -0.2) is 0 Å². The van der Waals surface area contributed by atoms with Crippen LogP contribution in [0.2, 0.25) is 0 Å². The van der Waals surface area contributed by atoms with E-state index in [0.29, 0.717) is 36.2 Å². The van der Waals surface area contributed by atoms with Crippen LogP contribution in [0, 0.1) is 0 Å². The molecule has 4 rings (SSSR count). The van der Waals surface area contributed by atoms with Crippen LogP contribution in [0.25, 0.3) is 0 Å². The Kier molecular flexibility index (Phi) is 6.70. The van der Waals surface area contributed by atoms with E-state index in [0.717, 1.165) is 29.7 Å². The summed E-state index contributed by atoms with van der Waals surface area (Å²) in [5.41, 5.74) is 3.27. The summed E-state index contributed by atoms with van der Waals surface area (Å²) in [6.45, 7) is 1.18. The fraction of sp³-hybridized carbons (Fsp3) is 0.375. The minimum Gasteiger partial charge on any atom is -0.493 e. The van der Waals surface area contributed by atoms with Crippen molar-refractivity contribution in [2.45, 2.75) is 31.8 Å². The van der Waals surface area contributed by atoms with E-state index in [1.165, 1.54) is 7.11 Å². The normalized spacial score (nSPS) is 15.8. The maximum absolute atomic E-state index is 12.2. The molecule has 0 radical (unpaired) electrons. The molecule has 0 aliphatic carbocycles. The number of aromatic nitrogens is 2. The molecule has 2 heterocycles. The highest BCUT2D eigenvalue weighted by Gasteiger charge is 2.32. The second-order valence-electron chi connectivity index (χ2n) is 7.69. The topological polar surface area (TPSA) is 86.9 Å². The second-order valence-corrected chi connectivity index (χ2v) is 7.69. The molecule has 8 heteroatoms. The molecule has 0 saturated carbocycles. The lowest BCUT2D eigenvalue weighted by molar-refractivity contribution is -0.142. The van der Waals surface area contributed by atoms with Crippen LogP contribution < -0.4 is 9.47 Å². The Morgan fingerprint density at radius 1 is 1.12 bits per heavy atom. The Bertz CT molecular complexity index is 1070. The van der Waals surface area contributed by atoms with Gasteiger partial charge in [0.25, 0.3) is 0 Å². The Balaban J connectivity index is 1.57. The average molecular weight is 437 g/mol. The van der Waals surface area contributed by atoms with Crippen LogP contribution in [-0.4, -0.2) is 48.9 Å². The molecule has 168 valence electrons. The Morgan fingerprint density at radius 3 is 2.59 bits per heavy atom. The highest BCUT2D eigenvalue weighted by Crippen LogP contribution is 2.40. The van der Waals surface area contributed by atoms with E-state index >= 15 is 0 Å². The van der Waals surface area contributed by atoms with E-state index in [2.05, 4.69) is 15.0 Å². The molecule has 32 heavy (non-hydrogen) atoms. The van der Waals surface area contributed by atoms with E-state index in [1.54, 1.807) is 14.2 Å². The first kappa shape index (κ1) is 21.8. The van der Waals surface area contributed by atoms with Crippen molar-refractivity contribution in [3.63, 3.8) is 0 Å². The van der Waals surface area contributed by atoms with Gasteiger partial charge in [-0.15, -0.1) is 0 Å². The highest BCUT2D eigenvalue weighted by molar-refractivity contribution is 5.70. The minimum atomic E-state index is -0.280. The predicted octanol–water partition coefficient (Wildman–Crippen LogP) is 3.34. The zero-order chi connectivity index (χ0) is 22.5. The van der Waals surface area contributed by atoms with Crippen molar-refractivity contribution < 1.29 is 23.5 Å². The zero-order valence-electron chi connectivity index (χ0n) is 18.5. The van der Waals surface area contributed by atoms with E-state index in [1.807, 2.05) is 42.5 Å². The Labute approximate surface area is 187 Å². The average Bonchev–Trinajstić information content (AvgIpc) is 3.26. The molecule has 1 atom stereocenters. The maximum atomic E-state index is 12.2. The number of ether oxygens (including phenoxy) is 3. The number of hydrogen-bond donors (Lipinski definition) is 0. The molecule has 0 saturated heterocycles. The smallest absolute Gasteiger partial charge is 0.307 e. The van der Waals surface area contributed by atoms with Gasteiger partial charge in [-0.2, -0.15) is 4.98 Å². The van der Waals surface area contributed by atoms with Gasteiger partial charge in [0, 0.05) is 19.0 Å². The third-order valence-corrected chi connectivity index (χ3v) is 5.75. The van der Waals surface area contributed by atoms with Crippen molar-refractivity contribution in [3.8, 4) is 11.5 Å². The van der Waals surface area contributed by atoms with Gasteiger partial charge in [0.1, 0.15) is 0 Å². The first-order valence-corrected chi connectivity index (χ1v) is 10.5. The standard InChI is InChI=1S/C24H27N3O5/c1-29-20-12-17-9-10-27(19(14-24(28)31-3)18(17)13-21(20)30-2)15-23-25-22(26-32-23)11-16-7-5-4-6-8-16/h4-8,12-13,19H,9-11,14-15H2,1-3H3/t19-/m1/s1. The van der Waals surface area contributed by atoms with E-state index in [-0.39, 0.29) is 18.4 Å². The number of carbonyl (C=O) groups excluding carboxylic acids is 1. The van der Waals surface area contributed by atoms with Gasteiger partial charge in [-0.05, 0) is 35.2 Å². The lowest BCUT2D eigenvalue weighted by atomic mass is 9.90. The van der Waals surface area contributed by atoms with E-state index in [9.17, 15) is 4.79 Å². The number of carbonyl (C=O) groups is 1. The molecular formula is C24H27N3O5. The van der Waals surface area contributed by atoms with Crippen LogP contribution in [0.15, 0.2) is 47.0 Å². The van der Waals surface area contributed by atoms with Crippen LogP contribution >= 0.6 is 0 Å². The summed E-state index contributed by atoms with van der Waals surface area (Å²) in [5.74, 6) is 2.19. The van der Waals surface area contributed by atoms with Crippen LogP contribution in [-0.2, 0) is 28.9 Å². The third kappa shape index (κ3) is 4.75. The molecule has 0 N–H and O–H groups in total. The summed E-state index contributed by atoms with van der Waals surface area (Å²) in [4.78, 5) is 19.0. The molecule has 0 bridgehead atoms. The van der Waals surface area contributed by atoms with Crippen LogP contribution in [0.4, 0.5) is 0 Å². The quantitative estimate of drug-likeness (QED) is 0.496. The van der Waals surface area contributed by atoms with Crippen molar-refractivity contribution >= 4 is 5.97 Å². The minimum absolute atomic E-state index is 0.199. The summed E-state index contributed by atoms with van der Waals surface area (Å²) in [6, 6.07) is 13.8. The predicted molar refractivity (Wildman–Crippen MR) is 117 cm³/mol. The number of rotatable bonds is 8. The fourth-order valence-corrected chi connectivity index (χ4v) is 4.13. The maximum Gasteiger partial charge on any atom is 0.307 e. The second kappa shape index (κ2) is 9.82. The van der Waals surface area contributed by atoms with Crippen molar-refractivity contribution in [1.29, 1.82) is 0 Å². The van der Waals surface area contributed by atoms with Gasteiger partial charge in [0.15, 0.2) is 17.3 Å². The molecule has 3 aromatic rings. The third-order valence-electron chi connectivity index (χ3n) is 5.75. The van der Waals surface area contributed by atoms with Crippen molar-refractivity contribution in [1.82, 2.24) is 15.0 Å². The molecule has 0 spiro atoms. The summed E-state index contributed by atoms with van der Waals surface area (Å²) < 4.78 is 21.4. The van der Waals surface area contributed by atoms with Gasteiger partial charge >= 0.3 is 5.97 Å². The van der Waals surface area contributed by atoms with Crippen LogP contribution in [0.1, 0.15) is 40.9 Å². The molecule has 2 aromatic carbocycles. The molecular weight excluding hydrogens is 410 g/mol. The molecule has 1 aliphatic rings.